The first-order valence-corrected chi connectivity index (χ1v) is 7.21. The average Bonchev–Trinajstić information content (AvgIpc) is 2.37. The molecule has 1 aromatic heterocycles. The molecule has 2 heterocycles. The Bertz CT molecular complexity index is 537. The molecule has 0 saturated carbocycles. The quantitative estimate of drug-likeness (QED) is 0.862. The Hall–Kier alpha value is -2.04. The Balaban J connectivity index is 1.93. The van der Waals surface area contributed by atoms with E-state index in [1.54, 1.807) is 17.3 Å². The summed E-state index contributed by atoms with van der Waals surface area (Å²) >= 11 is 0. The lowest BCUT2D eigenvalue weighted by molar-refractivity contribution is 0.0237. The van der Waals surface area contributed by atoms with Gasteiger partial charge in [0, 0.05) is 25.5 Å². The number of nitrogens with two attached hydrogens (primary N) is 1. The summed E-state index contributed by atoms with van der Waals surface area (Å²) in [6.07, 6.45) is 7.02. The highest BCUT2D eigenvalue weighted by Gasteiger charge is 2.24. The number of carbonyl (C=O) groups excluding carboxylic acids is 1. The zero-order chi connectivity index (χ0) is 15.5. The SMILES string of the molecule is CC(C)(C)OC(=O)N1CCC(=Cc2cncc(N)c2)CC1. The molecule has 0 atom stereocenters. The molecule has 1 saturated heterocycles. The number of amides is 1. The number of hydrogen-bond donors (Lipinski definition) is 1. The van der Waals surface area contributed by atoms with Gasteiger partial charge in [-0.2, -0.15) is 0 Å². The van der Waals surface area contributed by atoms with E-state index in [0.717, 1.165) is 18.4 Å². The van der Waals surface area contributed by atoms with E-state index < -0.39 is 5.60 Å². The standard InChI is InChI=1S/C16H23N3O2/c1-16(2,3)21-15(20)19-6-4-12(5-7-19)8-13-9-14(17)11-18-10-13/h8-11H,4-7,17H2,1-3H3. The molecule has 0 unspecified atom stereocenters. The first-order valence-electron chi connectivity index (χ1n) is 7.21. The van der Waals surface area contributed by atoms with Crippen LogP contribution in [0.3, 0.4) is 0 Å². The number of aromatic nitrogens is 1. The smallest absolute Gasteiger partial charge is 0.410 e. The van der Waals surface area contributed by atoms with Crippen molar-refractivity contribution in [3.63, 3.8) is 0 Å². The molecule has 2 rings (SSSR count). The first-order chi connectivity index (χ1) is 9.83. The van der Waals surface area contributed by atoms with E-state index in [1.165, 1.54) is 5.57 Å². The summed E-state index contributed by atoms with van der Waals surface area (Å²) in [5, 5.41) is 0. The van der Waals surface area contributed by atoms with E-state index in [-0.39, 0.29) is 6.09 Å². The second kappa shape index (κ2) is 6.16. The number of rotatable bonds is 1. The zero-order valence-electron chi connectivity index (χ0n) is 12.9. The fourth-order valence-electron chi connectivity index (χ4n) is 2.24. The van der Waals surface area contributed by atoms with Gasteiger partial charge in [0.25, 0.3) is 0 Å². The van der Waals surface area contributed by atoms with Crippen molar-refractivity contribution in [2.24, 2.45) is 0 Å². The molecule has 1 amide bonds. The van der Waals surface area contributed by atoms with Crippen LogP contribution in [0.1, 0.15) is 39.2 Å². The summed E-state index contributed by atoms with van der Waals surface area (Å²) < 4.78 is 5.39. The Labute approximate surface area is 125 Å². The molecule has 5 nitrogen and oxygen atoms in total. The molecular weight excluding hydrogens is 266 g/mol. The van der Waals surface area contributed by atoms with Crippen molar-refractivity contribution < 1.29 is 9.53 Å². The summed E-state index contributed by atoms with van der Waals surface area (Å²) in [6.45, 7) is 7.03. The second-order valence-corrected chi connectivity index (χ2v) is 6.32. The minimum Gasteiger partial charge on any atom is -0.444 e. The minimum atomic E-state index is -0.444. The third-order valence-electron chi connectivity index (χ3n) is 3.21. The van der Waals surface area contributed by atoms with E-state index in [9.17, 15) is 4.79 Å². The van der Waals surface area contributed by atoms with Gasteiger partial charge >= 0.3 is 6.09 Å². The van der Waals surface area contributed by atoms with E-state index >= 15 is 0 Å². The molecule has 21 heavy (non-hydrogen) atoms. The summed E-state index contributed by atoms with van der Waals surface area (Å²) in [5.74, 6) is 0. The number of ether oxygens (including phenoxy) is 1. The number of carbonyl (C=O) groups is 1. The van der Waals surface area contributed by atoms with E-state index in [2.05, 4.69) is 11.1 Å². The van der Waals surface area contributed by atoms with Gasteiger partial charge in [-0.25, -0.2) is 4.79 Å². The van der Waals surface area contributed by atoms with Gasteiger partial charge in [0.15, 0.2) is 0 Å². The van der Waals surface area contributed by atoms with Gasteiger partial charge in [-0.3, -0.25) is 4.98 Å². The van der Waals surface area contributed by atoms with Crippen LogP contribution in [0.5, 0.6) is 0 Å². The number of hydrogen-bond acceptors (Lipinski definition) is 4. The van der Waals surface area contributed by atoms with E-state index in [0.29, 0.717) is 18.8 Å². The van der Waals surface area contributed by atoms with Crippen LogP contribution in [0.2, 0.25) is 0 Å². The van der Waals surface area contributed by atoms with Crippen LogP contribution < -0.4 is 5.73 Å². The number of nitrogens with zero attached hydrogens (tertiary/aromatic N) is 2. The predicted molar refractivity (Wildman–Crippen MR) is 83.7 cm³/mol. The molecule has 114 valence electrons. The molecule has 2 N–H and O–H groups in total. The largest absolute Gasteiger partial charge is 0.444 e. The van der Waals surface area contributed by atoms with Crippen molar-refractivity contribution in [1.82, 2.24) is 9.88 Å². The molecule has 1 fully saturated rings. The number of nitrogen functional groups attached to an aromatic ring is 1. The minimum absolute atomic E-state index is 0.229. The molecule has 1 aliphatic rings. The Morgan fingerprint density at radius 1 is 1.33 bits per heavy atom. The van der Waals surface area contributed by atoms with Crippen molar-refractivity contribution in [3.05, 3.63) is 29.6 Å². The Morgan fingerprint density at radius 2 is 2.00 bits per heavy atom. The molecule has 0 aromatic carbocycles. The monoisotopic (exact) mass is 289 g/mol. The molecule has 0 aliphatic carbocycles. The van der Waals surface area contributed by atoms with Crippen molar-refractivity contribution in [3.8, 4) is 0 Å². The molecule has 0 radical (unpaired) electrons. The lowest BCUT2D eigenvalue weighted by Gasteiger charge is -2.31. The summed E-state index contributed by atoms with van der Waals surface area (Å²) in [5.41, 5.74) is 8.26. The van der Waals surface area contributed by atoms with Gasteiger partial charge in [-0.15, -0.1) is 0 Å². The van der Waals surface area contributed by atoms with E-state index in [4.69, 9.17) is 10.5 Å². The van der Waals surface area contributed by atoms with E-state index in [1.807, 2.05) is 26.8 Å². The molecule has 5 heteroatoms. The topological polar surface area (TPSA) is 68.5 Å². The number of likely N-dealkylation sites (tertiary alicyclic amines) is 1. The Morgan fingerprint density at radius 3 is 2.57 bits per heavy atom. The zero-order valence-corrected chi connectivity index (χ0v) is 12.9. The van der Waals surface area contributed by atoms with Crippen LogP contribution in [0.25, 0.3) is 6.08 Å². The van der Waals surface area contributed by atoms with Crippen molar-refractivity contribution >= 4 is 17.9 Å². The lowest BCUT2D eigenvalue weighted by atomic mass is 10.0. The van der Waals surface area contributed by atoms with Crippen molar-refractivity contribution in [2.45, 2.75) is 39.2 Å². The number of piperidine rings is 1. The highest BCUT2D eigenvalue weighted by molar-refractivity contribution is 5.68. The number of pyridine rings is 1. The highest BCUT2D eigenvalue weighted by Crippen LogP contribution is 2.21. The lowest BCUT2D eigenvalue weighted by Crippen LogP contribution is -2.40. The molecule has 1 aromatic rings. The molecule has 0 bridgehead atoms. The molecule has 0 spiro atoms. The summed E-state index contributed by atoms with van der Waals surface area (Å²) in [4.78, 5) is 17.8. The second-order valence-electron chi connectivity index (χ2n) is 6.32. The average molecular weight is 289 g/mol. The summed E-state index contributed by atoms with van der Waals surface area (Å²) in [6, 6.07) is 1.90. The van der Waals surface area contributed by atoms with Crippen LogP contribution >= 0.6 is 0 Å². The van der Waals surface area contributed by atoms with Crippen LogP contribution in [-0.4, -0.2) is 34.7 Å². The maximum Gasteiger partial charge on any atom is 0.410 e. The predicted octanol–water partition coefficient (Wildman–Crippen LogP) is 3.08. The van der Waals surface area contributed by atoms with Gasteiger partial charge < -0.3 is 15.4 Å². The van der Waals surface area contributed by atoms with Crippen LogP contribution in [-0.2, 0) is 4.74 Å². The molecular formula is C16H23N3O2. The van der Waals surface area contributed by atoms with Crippen molar-refractivity contribution in [1.29, 1.82) is 0 Å². The fraction of sp³-hybridized carbons (Fsp3) is 0.500. The van der Waals surface area contributed by atoms with Gasteiger partial charge in [-0.05, 0) is 45.2 Å². The maximum absolute atomic E-state index is 12.0. The van der Waals surface area contributed by atoms with Crippen LogP contribution in [0.4, 0.5) is 10.5 Å². The van der Waals surface area contributed by atoms with Gasteiger partial charge in [-0.1, -0.05) is 11.6 Å². The first kappa shape index (κ1) is 15.4. The number of anilines is 1. The normalized spacial score (nSPS) is 15.8. The third-order valence-corrected chi connectivity index (χ3v) is 3.21. The Kier molecular flexibility index (Phi) is 4.50. The summed E-state index contributed by atoms with van der Waals surface area (Å²) in [7, 11) is 0. The van der Waals surface area contributed by atoms with Gasteiger partial charge in [0.2, 0.25) is 0 Å². The van der Waals surface area contributed by atoms with Gasteiger partial charge in [0.05, 0.1) is 5.69 Å². The fourth-order valence-corrected chi connectivity index (χ4v) is 2.24. The third kappa shape index (κ3) is 4.77. The van der Waals surface area contributed by atoms with Crippen LogP contribution in [0, 0.1) is 0 Å². The van der Waals surface area contributed by atoms with Gasteiger partial charge in [0.1, 0.15) is 5.60 Å². The van der Waals surface area contributed by atoms with Crippen LogP contribution in [0.15, 0.2) is 24.0 Å². The highest BCUT2D eigenvalue weighted by atomic mass is 16.6. The molecule has 1 aliphatic heterocycles. The maximum atomic E-state index is 12.0. The van der Waals surface area contributed by atoms with Crippen molar-refractivity contribution in [2.75, 3.05) is 18.8 Å².